The number of alkyl halides is 3. The van der Waals surface area contributed by atoms with Crippen molar-refractivity contribution in [3.63, 3.8) is 0 Å². The normalized spacial score (nSPS) is 22.5. The summed E-state index contributed by atoms with van der Waals surface area (Å²) in [4.78, 5) is 33.6. The molecule has 0 radical (unpaired) electrons. The zero-order valence-electron chi connectivity index (χ0n) is 20.8. The molecule has 5 heterocycles. The van der Waals surface area contributed by atoms with Gasteiger partial charge in [0.1, 0.15) is 17.7 Å². The van der Waals surface area contributed by atoms with Crippen molar-refractivity contribution >= 4 is 16.8 Å². The Morgan fingerprint density at radius 1 is 1.18 bits per heavy atom. The number of piperidine rings is 1. The van der Waals surface area contributed by atoms with Crippen molar-refractivity contribution in [1.29, 1.82) is 5.26 Å². The Kier molecular flexibility index (Phi) is 6.14. The van der Waals surface area contributed by atoms with Crippen LogP contribution in [0.3, 0.4) is 0 Å². The Bertz CT molecular complexity index is 1560. The minimum atomic E-state index is -4.70. The van der Waals surface area contributed by atoms with Crippen LogP contribution in [0, 0.1) is 17.2 Å². The first-order chi connectivity index (χ1) is 18.8. The minimum Gasteiger partial charge on any atom is -0.346 e. The second kappa shape index (κ2) is 9.53. The standard InChI is InChI=1S/C26H24F3N9O/c27-26(28,29)24-32-8-2-20(36-24)22(39)16-3-9-37(10-4-16)18-11-25(12-18,5-6-30)38-14-17(13-35-38)21-19-1-7-31-23(19)34-15-33-21/h1-2,7-8,13-16,18H,3-5,9-12H2,(H,31,33,34)/t18-,25-. The second-order valence-corrected chi connectivity index (χ2v) is 10.2. The lowest BCUT2D eigenvalue weighted by molar-refractivity contribution is -0.145. The number of ketones is 1. The summed E-state index contributed by atoms with van der Waals surface area (Å²) >= 11 is 0. The molecule has 0 spiro atoms. The molecule has 1 aliphatic heterocycles. The number of carbonyl (C=O) groups is 1. The van der Waals surface area contributed by atoms with Gasteiger partial charge in [0, 0.05) is 41.5 Å². The van der Waals surface area contributed by atoms with Gasteiger partial charge in [-0.1, -0.05) is 0 Å². The zero-order chi connectivity index (χ0) is 27.2. The van der Waals surface area contributed by atoms with Crippen LogP contribution >= 0.6 is 0 Å². The number of Topliss-reactive ketones (excluding diaryl/α,β-unsaturated/α-hetero) is 1. The number of aromatic nitrogens is 7. The second-order valence-electron chi connectivity index (χ2n) is 10.2. The molecule has 0 unspecified atom stereocenters. The summed E-state index contributed by atoms with van der Waals surface area (Å²) in [5.41, 5.74) is 1.74. The summed E-state index contributed by atoms with van der Waals surface area (Å²) in [7, 11) is 0. The SMILES string of the molecule is N#CC[C@]1(n2cc(-c3ncnc4[nH]ccc34)cn2)C[C@H](N2CCC(C(=O)c3ccnc(C(F)(F)F)n3)CC2)C1. The summed E-state index contributed by atoms with van der Waals surface area (Å²) in [5.74, 6) is -2.05. The van der Waals surface area contributed by atoms with E-state index in [0.29, 0.717) is 32.4 Å². The summed E-state index contributed by atoms with van der Waals surface area (Å²) < 4.78 is 40.8. The fourth-order valence-corrected chi connectivity index (χ4v) is 5.81. The Labute approximate surface area is 220 Å². The Morgan fingerprint density at radius 3 is 2.72 bits per heavy atom. The number of hydrogen-bond donors (Lipinski definition) is 1. The number of hydrogen-bond acceptors (Lipinski definition) is 8. The Morgan fingerprint density at radius 2 is 1.97 bits per heavy atom. The number of likely N-dealkylation sites (tertiary alicyclic amines) is 1. The Balaban J connectivity index is 1.11. The fourth-order valence-electron chi connectivity index (χ4n) is 5.81. The van der Waals surface area contributed by atoms with Crippen molar-refractivity contribution in [2.24, 2.45) is 5.92 Å². The molecule has 4 aromatic rings. The molecule has 6 rings (SSSR count). The van der Waals surface area contributed by atoms with E-state index in [4.69, 9.17) is 0 Å². The molecular weight excluding hydrogens is 511 g/mol. The molecule has 1 saturated carbocycles. The number of nitriles is 1. The van der Waals surface area contributed by atoms with Crippen molar-refractivity contribution in [2.75, 3.05) is 13.1 Å². The van der Waals surface area contributed by atoms with E-state index in [2.05, 4.69) is 41.0 Å². The molecule has 10 nitrogen and oxygen atoms in total. The summed E-state index contributed by atoms with van der Waals surface area (Å²) in [6.45, 7) is 1.30. The monoisotopic (exact) mass is 535 g/mol. The maximum atomic E-state index is 13.0. The molecule has 0 amide bonds. The highest BCUT2D eigenvalue weighted by Crippen LogP contribution is 2.46. The molecule has 0 atom stereocenters. The van der Waals surface area contributed by atoms with E-state index in [0.717, 1.165) is 41.3 Å². The van der Waals surface area contributed by atoms with E-state index < -0.39 is 17.5 Å². The molecule has 0 aromatic carbocycles. The average Bonchev–Trinajstić information content (AvgIpc) is 3.60. The number of carbonyl (C=O) groups excluding carboxylic acids is 1. The molecular formula is C26H24F3N9O. The Hall–Kier alpha value is -4.18. The van der Waals surface area contributed by atoms with Gasteiger partial charge in [0.25, 0.3) is 0 Å². The highest BCUT2D eigenvalue weighted by molar-refractivity contribution is 5.96. The topological polar surface area (TPSA) is 129 Å². The van der Waals surface area contributed by atoms with Gasteiger partial charge in [0.05, 0.1) is 29.9 Å². The molecule has 200 valence electrons. The van der Waals surface area contributed by atoms with Crippen LogP contribution in [0.15, 0.2) is 43.2 Å². The van der Waals surface area contributed by atoms with Crippen LogP contribution in [0.1, 0.15) is 48.4 Å². The third-order valence-corrected chi connectivity index (χ3v) is 7.91. The van der Waals surface area contributed by atoms with Crippen molar-refractivity contribution in [3.05, 3.63) is 54.8 Å². The van der Waals surface area contributed by atoms with Crippen LogP contribution < -0.4 is 0 Å². The first-order valence-corrected chi connectivity index (χ1v) is 12.7. The number of halogens is 3. The fraction of sp³-hybridized carbons (Fsp3) is 0.423. The molecule has 1 N–H and O–H groups in total. The molecule has 2 fully saturated rings. The van der Waals surface area contributed by atoms with E-state index in [9.17, 15) is 23.2 Å². The lowest BCUT2D eigenvalue weighted by atomic mass is 9.69. The third-order valence-electron chi connectivity index (χ3n) is 7.91. The lowest BCUT2D eigenvalue weighted by Gasteiger charge is -2.52. The van der Waals surface area contributed by atoms with E-state index in [1.807, 2.05) is 23.1 Å². The first kappa shape index (κ1) is 25.1. The van der Waals surface area contributed by atoms with Crippen LogP contribution in [0.5, 0.6) is 0 Å². The molecule has 2 aliphatic rings. The number of aromatic amines is 1. The van der Waals surface area contributed by atoms with E-state index >= 15 is 0 Å². The molecule has 4 aromatic heterocycles. The molecule has 1 aliphatic carbocycles. The van der Waals surface area contributed by atoms with Crippen molar-refractivity contribution in [1.82, 2.24) is 39.6 Å². The van der Waals surface area contributed by atoms with Gasteiger partial charge in [-0.3, -0.25) is 9.48 Å². The van der Waals surface area contributed by atoms with E-state index in [-0.39, 0.29) is 23.4 Å². The van der Waals surface area contributed by atoms with Gasteiger partial charge in [0.2, 0.25) is 5.82 Å². The van der Waals surface area contributed by atoms with Crippen LogP contribution in [-0.4, -0.2) is 64.5 Å². The van der Waals surface area contributed by atoms with Gasteiger partial charge in [0.15, 0.2) is 5.78 Å². The van der Waals surface area contributed by atoms with Crippen LogP contribution in [0.2, 0.25) is 0 Å². The zero-order valence-corrected chi connectivity index (χ0v) is 20.8. The van der Waals surface area contributed by atoms with Gasteiger partial charge in [-0.2, -0.15) is 23.5 Å². The smallest absolute Gasteiger partial charge is 0.346 e. The highest BCUT2D eigenvalue weighted by atomic mass is 19.4. The van der Waals surface area contributed by atoms with Crippen LogP contribution in [0.25, 0.3) is 22.3 Å². The highest BCUT2D eigenvalue weighted by Gasteiger charge is 2.49. The third kappa shape index (κ3) is 4.54. The van der Waals surface area contributed by atoms with E-state index in [1.54, 1.807) is 6.20 Å². The number of fused-ring (bicyclic) bond motifs is 1. The van der Waals surface area contributed by atoms with Crippen molar-refractivity contribution in [2.45, 2.75) is 49.9 Å². The van der Waals surface area contributed by atoms with Crippen LogP contribution in [-0.2, 0) is 11.7 Å². The maximum Gasteiger partial charge on any atom is 0.451 e. The summed E-state index contributed by atoms with van der Waals surface area (Å²) in [5, 5.41) is 15.1. The van der Waals surface area contributed by atoms with Gasteiger partial charge >= 0.3 is 6.18 Å². The van der Waals surface area contributed by atoms with Gasteiger partial charge < -0.3 is 9.88 Å². The number of nitrogens with zero attached hydrogens (tertiary/aromatic N) is 8. The average molecular weight is 536 g/mol. The molecule has 0 bridgehead atoms. The van der Waals surface area contributed by atoms with Crippen molar-refractivity contribution in [3.8, 4) is 17.3 Å². The van der Waals surface area contributed by atoms with Gasteiger partial charge in [-0.15, -0.1) is 0 Å². The molecule has 1 saturated heterocycles. The van der Waals surface area contributed by atoms with Crippen LogP contribution in [0.4, 0.5) is 13.2 Å². The molecule has 39 heavy (non-hydrogen) atoms. The minimum absolute atomic E-state index is 0.192. The van der Waals surface area contributed by atoms with E-state index in [1.165, 1.54) is 12.4 Å². The summed E-state index contributed by atoms with van der Waals surface area (Å²) in [6.07, 6.45) is 6.17. The first-order valence-electron chi connectivity index (χ1n) is 12.7. The lowest BCUT2D eigenvalue weighted by Crippen LogP contribution is -2.58. The quantitative estimate of drug-likeness (QED) is 0.367. The predicted molar refractivity (Wildman–Crippen MR) is 132 cm³/mol. The predicted octanol–water partition coefficient (Wildman–Crippen LogP) is 4.00. The summed E-state index contributed by atoms with van der Waals surface area (Å²) in [6, 6.07) is 5.71. The number of rotatable bonds is 6. The number of H-pyrrole nitrogens is 1. The molecule has 13 heteroatoms. The largest absolute Gasteiger partial charge is 0.451 e. The van der Waals surface area contributed by atoms with Gasteiger partial charge in [-0.05, 0) is 50.9 Å². The van der Waals surface area contributed by atoms with Gasteiger partial charge in [-0.25, -0.2) is 19.9 Å². The number of nitrogens with one attached hydrogen (secondary N) is 1. The maximum absolute atomic E-state index is 13.0. The van der Waals surface area contributed by atoms with Crippen molar-refractivity contribution < 1.29 is 18.0 Å².